The largest absolute Gasteiger partial charge is 0.341 e. The lowest BCUT2D eigenvalue weighted by atomic mass is 9.93. The second kappa shape index (κ2) is 5.92. The summed E-state index contributed by atoms with van der Waals surface area (Å²) in [6.07, 6.45) is 4.97. The van der Waals surface area contributed by atoms with Gasteiger partial charge in [-0.2, -0.15) is 4.98 Å². The summed E-state index contributed by atoms with van der Waals surface area (Å²) in [4.78, 5) is 18.9. The molecule has 1 aliphatic carbocycles. The number of likely N-dealkylation sites (tertiary alicyclic amines) is 1. The van der Waals surface area contributed by atoms with Crippen LogP contribution in [0.5, 0.6) is 0 Å². The molecule has 1 aromatic heterocycles. The summed E-state index contributed by atoms with van der Waals surface area (Å²) in [7, 11) is 0. The van der Waals surface area contributed by atoms with Crippen LogP contribution in [0.25, 0.3) is 11.4 Å². The molecule has 1 saturated carbocycles. The molecule has 126 valence electrons. The molecular formula is C18H22N4O2. The maximum atomic E-state index is 12.6. The van der Waals surface area contributed by atoms with Gasteiger partial charge in [0.1, 0.15) is 6.04 Å². The van der Waals surface area contributed by atoms with Gasteiger partial charge < -0.3 is 14.7 Å². The summed E-state index contributed by atoms with van der Waals surface area (Å²) >= 11 is 0. The molecule has 1 saturated heterocycles. The third-order valence-electron chi connectivity index (χ3n) is 5.26. The van der Waals surface area contributed by atoms with Gasteiger partial charge in [-0.15, -0.1) is 0 Å². The van der Waals surface area contributed by atoms with Crippen LogP contribution >= 0.6 is 0 Å². The van der Waals surface area contributed by atoms with E-state index in [0.717, 1.165) is 31.5 Å². The van der Waals surface area contributed by atoms with Gasteiger partial charge in [0.15, 0.2) is 0 Å². The number of hydrogen-bond donors (Lipinski definition) is 1. The van der Waals surface area contributed by atoms with Crippen molar-refractivity contribution in [1.29, 1.82) is 0 Å². The average Bonchev–Trinajstić information content (AvgIpc) is 3.20. The van der Waals surface area contributed by atoms with Crippen LogP contribution in [-0.2, 0) is 4.79 Å². The number of aromatic nitrogens is 2. The molecule has 2 heterocycles. The molecule has 2 fully saturated rings. The van der Waals surface area contributed by atoms with Crippen molar-refractivity contribution in [2.75, 3.05) is 18.4 Å². The number of carbonyl (C=O) groups excluding carboxylic acids is 1. The van der Waals surface area contributed by atoms with Crippen molar-refractivity contribution in [2.24, 2.45) is 5.41 Å². The average molecular weight is 326 g/mol. The molecule has 6 heteroatoms. The Bertz CT molecular complexity index is 714. The molecule has 1 atom stereocenters. The predicted molar refractivity (Wildman–Crippen MR) is 90.3 cm³/mol. The van der Waals surface area contributed by atoms with Crippen LogP contribution in [0, 0.1) is 5.41 Å². The Morgan fingerprint density at radius 3 is 2.58 bits per heavy atom. The molecule has 1 aliphatic heterocycles. The zero-order valence-corrected chi connectivity index (χ0v) is 13.9. The van der Waals surface area contributed by atoms with Gasteiger partial charge in [-0.1, -0.05) is 35.5 Å². The lowest BCUT2D eigenvalue weighted by Gasteiger charge is -2.33. The lowest BCUT2D eigenvalue weighted by Crippen LogP contribution is -2.45. The minimum atomic E-state index is -0.373. The van der Waals surface area contributed by atoms with Crippen LogP contribution in [0.2, 0.25) is 0 Å². The summed E-state index contributed by atoms with van der Waals surface area (Å²) in [5, 5.41) is 7.00. The van der Waals surface area contributed by atoms with Crippen molar-refractivity contribution >= 4 is 11.9 Å². The third kappa shape index (κ3) is 3.00. The maximum Gasteiger partial charge on any atom is 0.322 e. The van der Waals surface area contributed by atoms with Crippen molar-refractivity contribution in [3.63, 3.8) is 0 Å². The first-order chi connectivity index (χ1) is 11.7. The fraction of sp³-hybridized carbons (Fsp3) is 0.500. The number of nitrogens with one attached hydrogen (secondary N) is 1. The van der Waals surface area contributed by atoms with Gasteiger partial charge in [0.2, 0.25) is 11.7 Å². The molecular weight excluding hydrogens is 304 g/mol. The minimum Gasteiger partial charge on any atom is -0.341 e. The molecule has 1 unspecified atom stereocenters. The fourth-order valence-corrected chi connectivity index (χ4v) is 3.39. The standard InChI is InChI=1S/C18H22N4O2/c1-13(16(23)22-11-9-18(7-8-18)10-12-22)19-17-20-15(21-24-17)14-5-3-2-4-6-14/h2-6,13H,7-12H2,1H3,(H,19,20,21). The highest BCUT2D eigenvalue weighted by molar-refractivity contribution is 5.83. The second-order valence-corrected chi connectivity index (χ2v) is 6.98. The number of benzene rings is 1. The van der Waals surface area contributed by atoms with E-state index in [-0.39, 0.29) is 18.0 Å². The molecule has 1 amide bonds. The van der Waals surface area contributed by atoms with Gasteiger partial charge >= 0.3 is 6.01 Å². The summed E-state index contributed by atoms with van der Waals surface area (Å²) in [5.74, 6) is 0.622. The molecule has 6 nitrogen and oxygen atoms in total. The quantitative estimate of drug-likeness (QED) is 0.935. The first kappa shape index (κ1) is 15.2. The van der Waals surface area contributed by atoms with E-state index < -0.39 is 0 Å². The van der Waals surface area contributed by atoms with Crippen LogP contribution in [0.4, 0.5) is 6.01 Å². The Hall–Kier alpha value is -2.37. The summed E-state index contributed by atoms with van der Waals surface area (Å²) in [6.45, 7) is 3.57. The van der Waals surface area contributed by atoms with E-state index in [2.05, 4.69) is 15.5 Å². The van der Waals surface area contributed by atoms with Gasteiger partial charge in [0.25, 0.3) is 0 Å². The highest BCUT2D eigenvalue weighted by atomic mass is 16.5. The van der Waals surface area contributed by atoms with Crippen molar-refractivity contribution in [3.8, 4) is 11.4 Å². The lowest BCUT2D eigenvalue weighted by molar-refractivity contribution is -0.133. The Labute approximate surface area is 141 Å². The first-order valence-electron chi connectivity index (χ1n) is 8.60. The zero-order chi connectivity index (χ0) is 16.6. The van der Waals surface area contributed by atoms with E-state index in [0.29, 0.717) is 11.2 Å². The van der Waals surface area contributed by atoms with Gasteiger partial charge in [-0.25, -0.2) is 0 Å². The van der Waals surface area contributed by atoms with Gasteiger partial charge in [-0.05, 0) is 38.0 Å². The van der Waals surface area contributed by atoms with Crippen molar-refractivity contribution in [2.45, 2.75) is 38.6 Å². The summed E-state index contributed by atoms with van der Waals surface area (Å²) < 4.78 is 5.23. The van der Waals surface area contributed by atoms with E-state index in [9.17, 15) is 4.79 Å². The van der Waals surface area contributed by atoms with Gasteiger partial charge in [0, 0.05) is 18.7 Å². The number of hydrogen-bond acceptors (Lipinski definition) is 5. The molecule has 1 N–H and O–H groups in total. The Morgan fingerprint density at radius 2 is 1.92 bits per heavy atom. The predicted octanol–water partition coefficient (Wildman–Crippen LogP) is 2.94. The molecule has 4 rings (SSSR count). The second-order valence-electron chi connectivity index (χ2n) is 6.98. The number of carbonyl (C=O) groups is 1. The van der Waals surface area contributed by atoms with Crippen LogP contribution in [0.1, 0.15) is 32.6 Å². The highest BCUT2D eigenvalue weighted by Crippen LogP contribution is 2.53. The fourth-order valence-electron chi connectivity index (χ4n) is 3.39. The van der Waals surface area contributed by atoms with Crippen molar-refractivity contribution in [1.82, 2.24) is 15.0 Å². The number of anilines is 1. The topological polar surface area (TPSA) is 71.3 Å². The van der Waals surface area contributed by atoms with E-state index in [1.54, 1.807) is 0 Å². The molecule has 1 aromatic carbocycles. The number of nitrogens with zero attached hydrogens (tertiary/aromatic N) is 3. The number of rotatable bonds is 4. The maximum absolute atomic E-state index is 12.6. The molecule has 0 radical (unpaired) electrons. The van der Waals surface area contributed by atoms with E-state index in [1.807, 2.05) is 42.2 Å². The van der Waals surface area contributed by atoms with Gasteiger partial charge in [-0.3, -0.25) is 4.79 Å². The summed E-state index contributed by atoms with van der Waals surface area (Å²) in [6, 6.07) is 9.54. The number of piperidine rings is 1. The molecule has 2 aliphatic rings. The van der Waals surface area contributed by atoms with Crippen LogP contribution in [0.15, 0.2) is 34.9 Å². The Kier molecular flexibility index (Phi) is 3.75. The first-order valence-corrected chi connectivity index (χ1v) is 8.60. The van der Waals surface area contributed by atoms with Crippen molar-refractivity contribution < 1.29 is 9.32 Å². The molecule has 1 spiro atoms. The van der Waals surface area contributed by atoms with Crippen LogP contribution in [0.3, 0.4) is 0 Å². The third-order valence-corrected chi connectivity index (χ3v) is 5.26. The highest BCUT2D eigenvalue weighted by Gasteiger charge is 2.45. The Morgan fingerprint density at radius 1 is 1.21 bits per heavy atom. The smallest absolute Gasteiger partial charge is 0.322 e. The van der Waals surface area contributed by atoms with Crippen molar-refractivity contribution in [3.05, 3.63) is 30.3 Å². The monoisotopic (exact) mass is 326 g/mol. The SMILES string of the molecule is CC(Nc1nc(-c2ccccc2)no1)C(=O)N1CCC2(CC1)CC2. The molecule has 2 aromatic rings. The zero-order valence-electron chi connectivity index (χ0n) is 13.9. The van der Waals surface area contributed by atoms with Crippen LogP contribution in [-0.4, -0.2) is 40.1 Å². The molecule has 0 bridgehead atoms. The van der Waals surface area contributed by atoms with Crippen LogP contribution < -0.4 is 5.32 Å². The number of amides is 1. The van der Waals surface area contributed by atoms with E-state index >= 15 is 0 Å². The van der Waals surface area contributed by atoms with E-state index in [4.69, 9.17) is 4.52 Å². The van der Waals surface area contributed by atoms with E-state index in [1.165, 1.54) is 12.8 Å². The Balaban J connectivity index is 1.36. The minimum absolute atomic E-state index is 0.102. The normalized spacial score (nSPS) is 20.0. The summed E-state index contributed by atoms with van der Waals surface area (Å²) in [5.41, 5.74) is 1.46. The molecule has 24 heavy (non-hydrogen) atoms. The van der Waals surface area contributed by atoms with Gasteiger partial charge in [0.05, 0.1) is 0 Å².